The van der Waals surface area contributed by atoms with Crippen molar-refractivity contribution in [1.29, 1.82) is 0 Å². The number of hydrogen-bond acceptors (Lipinski definition) is 4. The van der Waals surface area contributed by atoms with Crippen molar-refractivity contribution in [3.8, 4) is 5.75 Å². The van der Waals surface area contributed by atoms with Crippen LogP contribution in [0.5, 0.6) is 5.75 Å². The second kappa shape index (κ2) is 6.10. The Balaban J connectivity index is 1.84. The van der Waals surface area contributed by atoms with Crippen molar-refractivity contribution < 1.29 is 9.84 Å². The third kappa shape index (κ3) is 2.87. The first-order valence-electron chi connectivity index (χ1n) is 7.62. The molecule has 1 aromatic carbocycles. The molecule has 0 saturated carbocycles. The quantitative estimate of drug-likeness (QED) is 0.939. The molecule has 5 heteroatoms. The Morgan fingerprint density at radius 1 is 1.41 bits per heavy atom. The Bertz CT molecular complexity index is 653. The summed E-state index contributed by atoms with van der Waals surface area (Å²) in [6.07, 6.45) is 2.39. The van der Waals surface area contributed by atoms with Gasteiger partial charge >= 0.3 is 0 Å². The summed E-state index contributed by atoms with van der Waals surface area (Å²) in [4.78, 5) is 2.32. The maximum absolute atomic E-state index is 10.1. The lowest BCUT2D eigenvalue weighted by molar-refractivity contribution is 0.172. The van der Waals surface area contributed by atoms with E-state index in [0.29, 0.717) is 6.54 Å². The predicted molar refractivity (Wildman–Crippen MR) is 84.7 cm³/mol. The molecule has 1 fully saturated rings. The highest BCUT2D eigenvalue weighted by Crippen LogP contribution is 2.35. The predicted octanol–water partition coefficient (Wildman–Crippen LogP) is 2.05. The minimum absolute atomic E-state index is 0.213. The molecular weight excluding hydrogens is 278 g/mol. The van der Waals surface area contributed by atoms with Crippen LogP contribution in [0.15, 0.2) is 30.5 Å². The molecule has 0 spiro atoms. The molecule has 1 saturated heterocycles. The number of aryl methyl sites for hydroxylation is 1. The van der Waals surface area contributed by atoms with Gasteiger partial charge in [0.1, 0.15) is 5.75 Å². The normalized spacial score (nSPS) is 22.2. The molecule has 1 aromatic heterocycles. The summed E-state index contributed by atoms with van der Waals surface area (Å²) >= 11 is 0. The molecule has 0 amide bonds. The summed E-state index contributed by atoms with van der Waals surface area (Å²) in [6, 6.07) is 8.33. The first-order chi connectivity index (χ1) is 10.6. The maximum atomic E-state index is 10.1. The van der Waals surface area contributed by atoms with Crippen molar-refractivity contribution in [2.75, 3.05) is 13.7 Å². The van der Waals surface area contributed by atoms with Crippen LogP contribution in [-0.2, 0) is 13.6 Å². The van der Waals surface area contributed by atoms with Crippen molar-refractivity contribution in [1.82, 2.24) is 14.7 Å². The van der Waals surface area contributed by atoms with Gasteiger partial charge in [0.25, 0.3) is 0 Å². The van der Waals surface area contributed by atoms with E-state index in [1.165, 1.54) is 16.8 Å². The molecule has 3 rings (SSSR count). The minimum Gasteiger partial charge on any atom is -0.497 e. The third-order valence-corrected chi connectivity index (χ3v) is 4.57. The fourth-order valence-corrected chi connectivity index (χ4v) is 3.17. The van der Waals surface area contributed by atoms with E-state index in [1.54, 1.807) is 7.11 Å². The van der Waals surface area contributed by atoms with Crippen LogP contribution in [0.1, 0.15) is 29.3 Å². The van der Waals surface area contributed by atoms with Crippen molar-refractivity contribution in [3.63, 3.8) is 0 Å². The molecule has 2 aromatic rings. The zero-order valence-electron chi connectivity index (χ0n) is 13.4. The summed E-state index contributed by atoms with van der Waals surface area (Å²) in [7, 11) is 3.64. The minimum atomic E-state index is -0.284. The first kappa shape index (κ1) is 15.1. The Morgan fingerprint density at radius 3 is 2.91 bits per heavy atom. The van der Waals surface area contributed by atoms with Crippen LogP contribution in [0.25, 0.3) is 0 Å². The molecular formula is C17H23N3O2. The van der Waals surface area contributed by atoms with Crippen LogP contribution >= 0.6 is 0 Å². The van der Waals surface area contributed by atoms with Gasteiger partial charge in [0, 0.05) is 37.4 Å². The van der Waals surface area contributed by atoms with Gasteiger partial charge in [-0.05, 0) is 31.0 Å². The van der Waals surface area contributed by atoms with Gasteiger partial charge < -0.3 is 9.84 Å². The van der Waals surface area contributed by atoms with Crippen LogP contribution in [0.2, 0.25) is 0 Å². The highest BCUT2D eigenvalue weighted by molar-refractivity contribution is 5.31. The van der Waals surface area contributed by atoms with Gasteiger partial charge in [0.05, 0.1) is 19.4 Å². The lowest BCUT2D eigenvalue weighted by Gasteiger charge is -2.24. The average Bonchev–Trinajstić information content (AvgIpc) is 3.04. The highest BCUT2D eigenvalue weighted by Gasteiger charge is 2.32. The zero-order valence-corrected chi connectivity index (χ0v) is 13.4. The molecule has 1 N–H and O–H groups in total. The molecule has 2 heterocycles. The van der Waals surface area contributed by atoms with Gasteiger partial charge in [0.15, 0.2) is 0 Å². The van der Waals surface area contributed by atoms with E-state index in [9.17, 15) is 5.11 Å². The molecule has 22 heavy (non-hydrogen) atoms. The van der Waals surface area contributed by atoms with Crippen molar-refractivity contribution in [2.45, 2.75) is 32.0 Å². The fourth-order valence-electron chi connectivity index (χ4n) is 3.17. The number of ether oxygens (including phenoxy) is 1. The van der Waals surface area contributed by atoms with Gasteiger partial charge in [-0.15, -0.1) is 0 Å². The van der Waals surface area contributed by atoms with Gasteiger partial charge in [-0.3, -0.25) is 9.58 Å². The van der Waals surface area contributed by atoms with E-state index in [4.69, 9.17) is 4.74 Å². The summed E-state index contributed by atoms with van der Waals surface area (Å²) in [5, 5.41) is 14.4. The standard InChI is InChI=1S/C17H23N3O2/c1-12-14(9-18-19(12)2)10-20-11-15(21)8-17(20)13-5-4-6-16(7-13)22-3/h4-7,9,15,17,21H,8,10-11H2,1-3H3/t15-,17+/m1/s1. The zero-order chi connectivity index (χ0) is 15.7. The average molecular weight is 301 g/mol. The molecule has 118 valence electrons. The SMILES string of the molecule is COc1cccc([C@@H]2C[C@@H](O)CN2Cc2cnn(C)c2C)c1. The Labute approximate surface area is 131 Å². The Kier molecular flexibility index (Phi) is 4.18. The number of nitrogens with zero attached hydrogens (tertiary/aromatic N) is 3. The second-order valence-electron chi connectivity index (χ2n) is 5.99. The summed E-state index contributed by atoms with van der Waals surface area (Å²) < 4.78 is 7.21. The Morgan fingerprint density at radius 2 is 2.23 bits per heavy atom. The van der Waals surface area contributed by atoms with E-state index in [1.807, 2.05) is 30.1 Å². The number of β-amino-alcohol motifs (C(OH)–C–C–N with tert-alkyl or cyclic N) is 1. The van der Waals surface area contributed by atoms with Gasteiger partial charge in [-0.25, -0.2) is 0 Å². The number of methoxy groups -OCH3 is 1. The molecule has 2 atom stereocenters. The number of aliphatic hydroxyl groups is 1. The van der Waals surface area contributed by atoms with E-state index in [0.717, 1.165) is 18.7 Å². The maximum Gasteiger partial charge on any atom is 0.119 e. The van der Waals surface area contributed by atoms with Crippen molar-refractivity contribution in [3.05, 3.63) is 47.3 Å². The molecule has 0 aliphatic carbocycles. The molecule has 1 aliphatic heterocycles. The number of aliphatic hydroxyl groups excluding tert-OH is 1. The van der Waals surface area contributed by atoms with Gasteiger partial charge in [0.2, 0.25) is 0 Å². The van der Waals surface area contributed by atoms with Crippen LogP contribution in [-0.4, -0.2) is 39.5 Å². The smallest absolute Gasteiger partial charge is 0.119 e. The van der Waals surface area contributed by atoms with Gasteiger partial charge in [-0.2, -0.15) is 5.10 Å². The number of benzene rings is 1. The number of aromatic nitrogens is 2. The molecule has 5 nitrogen and oxygen atoms in total. The molecule has 1 aliphatic rings. The van der Waals surface area contributed by atoms with Crippen molar-refractivity contribution >= 4 is 0 Å². The summed E-state index contributed by atoms with van der Waals surface area (Å²) in [5.74, 6) is 0.858. The molecule has 0 unspecified atom stereocenters. The summed E-state index contributed by atoms with van der Waals surface area (Å²) in [6.45, 7) is 3.57. The third-order valence-electron chi connectivity index (χ3n) is 4.57. The number of likely N-dealkylation sites (tertiary alicyclic amines) is 1. The van der Waals surface area contributed by atoms with Crippen LogP contribution < -0.4 is 4.74 Å². The van der Waals surface area contributed by atoms with Gasteiger partial charge in [-0.1, -0.05) is 12.1 Å². The topological polar surface area (TPSA) is 50.5 Å². The van der Waals surface area contributed by atoms with E-state index in [2.05, 4.69) is 29.1 Å². The number of rotatable bonds is 4. The number of hydrogen-bond donors (Lipinski definition) is 1. The second-order valence-corrected chi connectivity index (χ2v) is 5.99. The van der Waals surface area contributed by atoms with E-state index >= 15 is 0 Å². The van der Waals surface area contributed by atoms with E-state index in [-0.39, 0.29) is 12.1 Å². The van der Waals surface area contributed by atoms with Crippen molar-refractivity contribution in [2.24, 2.45) is 7.05 Å². The first-order valence-corrected chi connectivity index (χ1v) is 7.62. The summed E-state index contributed by atoms with van der Waals surface area (Å²) in [5.41, 5.74) is 3.58. The highest BCUT2D eigenvalue weighted by atomic mass is 16.5. The molecule has 0 bridgehead atoms. The van der Waals surface area contributed by atoms with E-state index < -0.39 is 0 Å². The largest absolute Gasteiger partial charge is 0.497 e. The lowest BCUT2D eigenvalue weighted by atomic mass is 10.0. The monoisotopic (exact) mass is 301 g/mol. The Hall–Kier alpha value is -1.85. The molecule has 0 radical (unpaired) electrons. The lowest BCUT2D eigenvalue weighted by Crippen LogP contribution is -2.24. The van der Waals surface area contributed by atoms with Crippen LogP contribution in [0.4, 0.5) is 0 Å². The van der Waals surface area contributed by atoms with Crippen LogP contribution in [0.3, 0.4) is 0 Å². The van der Waals surface area contributed by atoms with Crippen LogP contribution in [0, 0.1) is 6.92 Å². The fraction of sp³-hybridized carbons (Fsp3) is 0.471.